The molecule has 0 atom stereocenters. The molecule has 1 N–H and O–H groups in total. The summed E-state index contributed by atoms with van der Waals surface area (Å²) in [5.41, 5.74) is 1.83. The monoisotopic (exact) mass is 392 g/mol. The Bertz CT molecular complexity index is 989. The smallest absolute Gasteiger partial charge is 0.240 e. The molecule has 0 unspecified atom stereocenters. The van der Waals surface area contributed by atoms with Gasteiger partial charge in [0.2, 0.25) is 10.0 Å². The van der Waals surface area contributed by atoms with Gasteiger partial charge in [0.1, 0.15) is 5.01 Å². The van der Waals surface area contributed by atoms with Gasteiger partial charge in [-0.05, 0) is 18.2 Å². The lowest BCUT2D eigenvalue weighted by Gasteiger charge is -2.08. The number of nitrogens with zero attached hydrogens (tertiary/aromatic N) is 1. The van der Waals surface area contributed by atoms with E-state index in [0.29, 0.717) is 6.42 Å². The highest BCUT2D eigenvalue weighted by Gasteiger charge is 2.16. The Morgan fingerprint density at radius 2 is 1.96 bits per heavy atom. The molecule has 0 saturated carbocycles. The third kappa shape index (κ3) is 4.27. The van der Waals surface area contributed by atoms with E-state index >= 15 is 0 Å². The summed E-state index contributed by atoms with van der Waals surface area (Å²) in [5.74, 6) is -0.720. The molecule has 8 heteroatoms. The van der Waals surface area contributed by atoms with Crippen LogP contribution in [0.25, 0.3) is 10.6 Å². The molecule has 0 spiro atoms. The Kier molecular flexibility index (Phi) is 5.65. The van der Waals surface area contributed by atoms with Gasteiger partial charge >= 0.3 is 0 Å². The van der Waals surface area contributed by atoms with Crippen LogP contribution in [0.15, 0.2) is 58.8 Å². The van der Waals surface area contributed by atoms with Gasteiger partial charge in [-0.25, -0.2) is 22.5 Å². The SMILES string of the molecule is COc1ccc(S(=O)(=O)NCCc2csc(-c3ccccc3)n2)cc1F. The van der Waals surface area contributed by atoms with E-state index in [9.17, 15) is 12.8 Å². The first-order chi connectivity index (χ1) is 12.5. The van der Waals surface area contributed by atoms with Gasteiger partial charge in [0.05, 0.1) is 17.7 Å². The number of aromatic nitrogens is 1. The molecule has 0 aliphatic rings. The largest absolute Gasteiger partial charge is 0.494 e. The number of nitrogens with one attached hydrogen (secondary N) is 1. The summed E-state index contributed by atoms with van der Waals surface area (Å²) in [6.45, 7) is 0.175. The third-order valence-electron chi connectivity index (χ3n) is 3.68. The van der Waals surface area contributed by atoms with Gasteiger partial charge < -0.3 is 4.74 Å². The van der Waals surface area contributed by atoms with Gasteiger partial charge in [-0.2, -0.15) is 0 Å². The number of halogens is 1. The zero-order valence-electron chi connectivity index (χ0n) is 14.0. The van der Waals surface area contributed by atoms with Crippen molar-refractivity contribution < 1.29 is 17.5 Å². The van der Waals surface area contributed by atoms with E-state index in [-0.39, 0.29) is 17.2 Å². The van der Waals surface area contributed by atoms with Crippen LogP contribution in [0, 0.1) is 5.82 Å². The molecular formula is C18H17FN2O3S2. The summed E-state index contributed by atoms with van der Waals surface area (Å²) in [7, 11) is -2.47. The molecule has 0 saturated heterocycles. The molecule has 0 radical (unpaired) electrons. The highest BCUT2D eigenvalue weighted by molar-refractivity contribution is 7.89. The van der Waals surface area contributed by atoms with E-state index in [1.807, 2.05) is 35.7 Å². The average Bonchev–Trinajstić information content (AvgIpc) is 3.11. The van der Waals surface area contributed by atoms with E-state index in [4.69, 9.17) is 4.74 Å². The van der Waals surface area contributed by atoms with Crippen molar-refractivity contribution in [3.63, 3.8) is 0 Å². The van der Waals surface area contributed by atoms with Crippen LogP contribution < -0.4 is 9.46 Å². The highest BCUT2D eigenvalue weighted by Crippen LogP contribution is 2.23. The Hall–Kier alpha value is -2.29. The quantitative estimate of drug-likeness (QED) is 0.668. The maximum atomic E-state index is 13.7. The Morgan fingerprint density at radius 1 is 1.19 bits per heavy atom. The van der Waals surface area contributed by atoms with Gasteiger partial charge in [-0.1, -0.05) is 30.3 Å². The number of thiazole rings is 1. The zero-order chi connectivity index (χ0) is 18.6. The first kappa shape index (κ1) is 18.5. The molecule has 0 fully saturated rings. The fraction of sp³-hybridized carbons (Fsp3) is 0.167. The number of methoxy groups -OCH3 is 1. The second-order valence-corrected chi connectivity index (χ2v) is 8.08. The molecule has 2 aromatic carbocycles. The van der Waals surface area contributed by atoms with Crippen LogP contribution in [-0.2, 0) is 16.4 Å². The zero-order valence-corrected chi connectivity index (χ0v) is 15.6. The molecule has 0 amide bonds. The lowest BCUT2D eigenvalue weighted by molar-refractivity contribution is 0.385. The van der Waals surface area contributed by atoms with Crippen molar-refractivity contribution >= 4 is 21.4 Å². The molecule has 1 heterocycles. The summed E-state index contributed by atoms with van der Waals surface area (Å²) in [6.07, 6.45) is 0.446. The molecule has 3 aromatic rings. The van der Waals surface area contributed by atoms with Crippen molar-refractivity contribution in [3.05, 3.63) is 65.4 Å². The number of benzene rings is 2. The van der Waals surface area contributed by atoms with E-state index in [1.54, 1.807) is 0 Å². The fourth-order valence-corrected chi connectivity index (χ4v) is 4.25. The van der Waals surface area contributed by atoms with Crippen LogP contribution in [-0.4, -0.2) is 27.1 Å². The van der Waals surface area contributed by atoms with Gasteiger partial charge in [0.15, 0.2) is 11.6 Å². The van der Waals surface area contributed by atoms with E-state index in [0.717, 1.165) is 22.3 Å². The number of sulfonamides is 1. The molecule has 1 aromatic heterocycles. The second kappa shape index (κ2) is 7.94. The summed E-state index contributed by atoms with van der Waals surface area (Å²) >= 11 is 1.51. The Morgan fingerprint density at radius 3 is 2.65 bits per heavy atom. The molecule has 26 heavy (non-hydrogen) atoms. The van der Waals surface area contributed by atoms with Crippen LogP contribution in [0.4, 0.5) is 4.39 Å². The van der Waals surface area contributed by atoms with Crippen LogP contribution in [0.2, 0.25) is 0 Å². The maximum absolute atomic E-state index is 13.7. The van der Waals surface area contributed by atoms with Gasteiger partial charge in [0, 0.05) is 23.9 Å². The highest BCUT2D eigenvalue weighted by atomic mass is 32.2. The Balaban J connectivity index is 1.62. The summed E-state index contributed by atoms with van der Waals surface area (Å²) in [4.78, 5) is 4.38. The van der Waals surface area contributed by atoms with Crippen molar-refractivity contribution in [2.24, 2.45) is 0 Å². The maximum Gasteiger partial charge on any atom is 0.240 e. The van der Waals surface area contributed by atoms with Crippen LogP contribution in [0.1, 0.15) is 5.69 Å². The van der Waals surface area contributed by atoms with E-state index < -0.39 is 15.8 Å². The topological polar surface area (TPSA) is 68.3 Å². The van der Waals surface area contributed by atoms with Crippen LogP contribution in [0.5, 0.6) is 5.75 Å². The van der Waals surface area contributed by atoms with Crippen molar-refractivity contribution in [2.75, 3.05) is 13.7 Å². The lowest BCUT2D eigenvalue weighted by Crippen LogP contribution is -2.26. The molecule has 5 nitrogen and oxygen atoms in total. The molecule has 0 aliphatic carbocycles. The molecule has 3 rings (SSSR count). The van der Waals surface area contributed by atoms with Crippen LogP contribution in [0.3, 0.4) is 0 Å². The summed E-state index contributed by atoms with van der Waals surface area (Å²) in [6, 6.07) is 13.3. The third-order valence-corrected chi connectivity index (χ3v) is 6.08. The molecular weight excluding hydrogens is 375 g/mol. The minimum absolute atomic E-state index is 0.000125. The van der Waals surface area contributed by atoms with Crippen molar-refractivity contribution in [1.29, 1.82) is 0 Å². The minimum Gasteiger partial charge on any atom is -0.494 e. The molecule has 0 aliphatic heterocycles. The summed E-state index contributed by atoms with van der Waals surface area (Å²) in [5, 5.41) is 2.80. The van der Waals surface area contributed by atoms with Gasteiger partial charge in [-0.15, -0.1) is 11.3 Å². The van der Waals surface area contributed by atoms with E-state index in [1.165, 1.54) is 30.6 Å². The van der Waals surface area contributed by atoms with E-state index in [2.05, 4.69) is 9.71 Å². The molecule has 0 bridgehead atoms. The predicted octanol–water partition coefficient (Wildman–Crippen LogP) is 3.48. The summed E-state index contributed by atoms with van der Waals surface area (Å²) < 4.78 is 45.5. The van der Waals surface area contributed by atoms with Crippen molar-refractivity contribution in [3.8, 4) is 16.3 Å². The standard InChI is InChI=1S/C18H17FN2O3S2/c1-24-17-8-7-15(11-16(17)19)26(22,23)20-10-9-14-12-25-18(21-14)13-5-3-2-4-6-13/h2-8,11-12,20H,9-10H2,1H3. The molecule has 136 valence electrons. The van der Waals surface area contributed by atoms with Crippen molar-refractivity contribution in [1.82, 2.24) is 9.71 Å². The first-order valence-corrected chi connectivity index (χ1v) is 10.2. The minimum atomic E-state index is -3.79. The average molecular weight is 392 g/mol. The predicted molar refractivity (Wildman–Crippen MR) is 99.4 cm³/mol. The number of hydrogen-bond donors (Lipinski definition) is 1. The van der Waals surface area contributed by atoms with Gasteiger partial charge in [0.25, 0.3) is 0 Å². The normalized spacial score (nSPS) is 11.5. The first-order valence-electron chi connectivity index (χ1n) is 7.82. The van der Waals surface area contributed by atoms with Crippen molar-refractivity contribution in [2.45, 2.75) is 11.3 Å². The second-order valence-electron chi connectivity index (χ2n) is 5.45. The van der Waals surface area contributed by atoms with Crippen LogP contribution >= 0.6 is 11.3 Å². The Labute approximate surface area is 155 Å². The fourth-order valence-electron chi connectivity index (χ4n) is 2.35. The number of ether oxygens (including phenoxy) is 1. The van der Waals surface area contributed by atoms with Gasteiger partial charge in [-0.3, -0.25) is 0 Å². The number of rotatable bonds is 7. The lowest BCUT2D eigenvalue weighted by atomic mass is 10.2. The number of hydrogen-bond acceptors (Lipinski definition) is 5.